The first kappa shape index (κ1) is 13.7. The third-order valence-corrected chi connectivity index (χ3v) is 4.35. The number of hydrogen-bond donors (Lipinski definition) is 1. The summed E-state index contributed by atoms with van der Waals surface area (Å²) in [6.07, 6.45) is 2.36. The van der Waals surface area contributed by atoms with E-state index in [-0.39, 0.29) is 24.0 Å². The number of fused-ring (bicyclic) bond motifs is 1. The summed E-state index contributed by atoms with van der Waals surface area (Å²) in [7, 11) is -5.57. The van der Waals surface area contributed by atoms with Crippen molar-refractivity contribution in [2.45, 2.75) is 37.3 Å². The molecule has 2 aliphatic carbocycles. The van der Waals surface area contributed by atoms with E-state index in [1.807, 2.05) is 0 Å². The molecule has 0 aromatic heterocycles. The predicted octanol–water partition coefficient (Wildman–Crippen LogP) is 1.92. The van der Waals surface area contributed by atoms with Crippen molar-refractivity contribution in [3.63, 3.8) is 0 Å². The topological polar surface area (TPSA) is 63.6 Å². The fourth-order valence-corrected chi connectivity index (χ4v) is 3.21. The minimum atomic E-state index is -5.57. The summed E-state index contributed by atoms with van der Waals surface area (Å²) in [4.78, 5) is 0. The van der Waals surface area contributed by atoms with Gasteiger partial charge in [0.25, 0.3) is 0 Å². The molecular formula is C10H13F3O4S. The monoisotopic (exact) mass is 286 g/mol. The minimum Gasteiger partial charge on any atom is -0.390 e. The van der Waals surface area contributed by atoms with Gasteiger partial charge in [-0.1, -0.05) is 0 Å². The summed E-state index contributed by atoms with van der Waals surface area (Å²) in [6.45, 7) is 1.66. The summed E-state index contributed by atoms with van der Waals surface area (Å²) in [5.74, 6) is -0.324. The molecule has 1 saturated carbocycles. The second-order valence-electron chi connectivity index (χ2n) is 5.15. The molecule has 2 aliphatic rings. The van der Waals surface area contributed by atoms with Crippen LogP contribution in [0.1, 0.15) is 26.2 Å². The molecule has 1 N–H and O–H groups in total. The Morgan fingerprint density at radius 3 is 2.56 bits per heavy atom. The van der Waals surface area contributed by atoms with Gasteiger partial charge in [0.2, 0.25) is 0 Å². The Balaban J connectivity index is 2.08. The Morgan fingerprint density at radius 2 is 2.06 bits per heavy atom. The average Bonchev–Trinajstić information content (AvgIpc) is 2.53. The fraction of sp³-hybridized carbons (Fsp3) is 0.800. The number of aliphatic hydroxyl groups is 1. The van der Waals surface area contributed by atoms with Gasteiger partial charge >= 0.3 is 15.6 Å². The van der Waals surface area contributed by atoms with E-state index < -0.39 is 21.2 Å². The molecular weight excluding hydrogens is 273 g/mol. The van der Waals surface area contributed by atoms with Gasteiger partial charge in [-0.3, -0.25) is 0 Å². The molecule has 0 aliphatic heterocycles. The first-order valence-electron chi connectivity index (χ1n) is 5.44. The molecule has 0 bridgehead atoms. The quantitative estimate of drug-likeness (QED) is 0.622. The zero-order valence-electron chi connectivity index (χ0n) is 9.57. The lowest BCUT2D eigenvalue weighted by molar-refractivity contribution is -0.0524. The molecule has 0 radical (unpaired) electrons. The van der Waals surface area contributed by atoms with E-state index in [9.17, 15) is 26.7 Å². The first-order valence-corrected chi connectivity index (χ1v) is 6.85. The largest absolute Gasteiger partial charge is 0.534 e. The summed E-state index contributed by atoms with van der Waals surface area (Å²) >= 11 is 0. The van der Waals surface area contributed by atoms with Crippen LogP contribution >= 0.6 is 0 Å². The molecule has 4 nitrogen and oxygen atoms in total. The van der Waals surface area contributed by atoms with Crippen LogP contribution in [0, 0.1) is 11.8 Å². The highest BCUT2D eigenvalue weighted by Crippen LogP contribution is 2.48. The van der Waals surface area contributed by atoms with Crippen molar-refractivity contribution in [1.29, 1.82) is 0 Å². The second kappa shape index (κ2) is 3.86. The maximum Gasteiger partial charge on any atom is 0.534 e. The number of halogens is 3. The predicted molar refractivity (Wildman–Crippen MR) is 55.6 cm³/mol. The lowest BCUT2D eigenvalue weighted by atomic mass is 10.00. The Morgan fingerprint density at radius 1 is 1.44 bits per heavy atom. The SMILES string of the molecule is CC1(O)CC2C=C(OS(=O)(=O)C(F)(F)F)CC2C1. The first-order chi connectivity index (χ1) is 8.00. The number of alkyl halides is 3. The van der Waals surface area contributed by atoms with E-state index in [4.69, 9.17) is 0 Å². The van der Waals surface area contributed by atoms with Gasteiger partial charge in [0.1, 0.15) is 5.76 Å². The van der Waals surface area contributed by atoms with Gasteiger partial charge in [0.15, 0.2) is 0 Å². The Kier molecular flexibility index (Phi) is 2.93. The van der Waals surface area contributed by atoms with Crippen LogP contribution in [0.2, 0.25) is 0 Å². The van der Waals surface area contributed by atoms with Crippen molar-refractivity contribution in [2.75, 3.05) is 0 Å². The molecule has 0 aromatic rings. The van der Waals surface area contributed by atoms with Gasteiger partial charge in [-0.15, -0.1) is 0 Å². The van der Waals surface area contributed by atoms with Gasteiger partial charge in [-0.2, -0.15) is 21.6 Å². The summed E-state index contributed by atoms with van der Waals surface area (Å²) < 4.78 is 62.1. The zero-order valence-corrected chi connectivity index (χ0v) is 10.4. The van der Waals surface area contributed by atoms with Gasteiger partial charge in [-0.25, -0.2) is 0 Å². The van der Waals surface area contributed by atoms with Crippen molar-refractivity contribution in [1.82, 2.24) is 0 Å². The highest BCUT2D eigenvalue weighted by Gasteiger charge is 2.50. The summed E-state index contributed by atoms with van der Waals surface area (Å²) in [6, 6.07) is 0. The van der Waals surface area contributed by atoms with E-state index >= 15 is 0 Å². The van der Waals surface area contributed by atoms with Crippen LogP contribution in [0.4, 0.5) is 13.2 Å². The van der Waals surface area contributed by atoms with E-state index in [0.717, 1.165) is 0 Å². The minimum absolute atomic E-state index is 0.0431. The maximum absolute atomic E-state index is 12.1. The van der Waals surface area contributed by atoms with Gasteiger partial charge < -0.3 is 9.29 Å². The van der Waals surface area contributed by atoms with Crippen molar-refractivity contribution in [3.8, 4) is 0 Å². The van der Waals surface area contributed by atoms with Gasteiger partial charge in [-0.05, 0) is 37.7 Å². The van der Waals surface area contributed by atoms with Crippen LogP contribution in [0.25, 0.3) is 0 Å². The molecule has 0 aromatic carbocycles. The van der Waals surface area contributed by atoms with Gasteiger partial charge in [0, 0.05) is 6.42 Å². The van der Waals surface area contributed by atoms with E-state index in [0.29, 0.717) is 12.8 Å². The number of hydrogen-bond acceptors (Lipinski definition) is 4. The molecule has 0 saturated heterocycles. The van der Waals surface area contributed by atoms with Crippen LogP contribution in [-0.4, -0.2) is 24.6 Å². The lowest BCUT2D eigenvalue weighted by Gasteiger charge is -2.17. The molecule has 0 spiro atoms. The fourth-order valence-electron chi connectivity index (χ4n) is 2.71. The maximum atomic E-state index is 12.1. The highest BCUT2D eigenvalue weighted by atomic mass is 32.2. The molecule has 104 valence electrons. The highest BCUT2D eigenvalue weighted by molar-refractivity contribution is 7.87. The second-order valence-corrected chi connectivity index (χ2v) is 6.69. The third-order valence-electron chi connectivity index (χ3n) is 3.35. The Hall–Kier alpha value is -0.760. The molecule has 0 amide bonds. The molecule has 0 heterocycles. The molecule has 18 heavy (non-hydrogen) atoms. The standard InChI is InChI=1S/C10H13F3O4S/c1-9(14)4-6-2-8(3-7(6)5-9)17-18(15,16)10(11,12)13/h2,6-7,14H,3-5H2,1H3. The molecule has 1 fully saturated rings. The number of allylic oxidation sites excluding steroid dienone is 2. The van der Waals surface area contributed by atoms with Crippen molar-refractivity contribution >= 4 is 10.1 Å². The normalized spacial score (nSPS) is 36.4. The smallest absolute Gasteiger partial charge is 0.390 e. The van der Waals surface area contributed by atoms with E-state index in [1.165, 1.54) is 6.08 Å². The molecule has 2 rings (SSSR count). The van der Waals surface area contributed by atoms with Crippen LogP contribution in [0.5, 0.6) is 0 Å². The molecule has 3 unspecified atom stereocenters. The van der Waals surface area contributed by atoms with Crippen molar-refractivity contribution in [2.24, 2.45) is 11.8 Å². The third kappa shape index (κ3) is 2.49. The van der Waals surface area contributed by atoms with Crippen LogP contribution in [-0.2, 0) is 14.3 Å². The molecule has 8 heteroatoms. The Bertz CT molecular complexity index is 478. The average molecular weight is 286 g/mol. The summed E-state index contributed by atoms with van der Waals surface area (Å²) in [5, 5.41) is 9.78. The molecule has 3 atom stereocenters. The van der Waals surface area contributed by atoms with E-state index in [2.05, 4.69) is 4.18 Å². The van der Waals surface area contributed by atoms with E-state index in [1.54, 1.807) is 6.92 Å². The zero-order chi connectivity index (χ0) is 13.8. The van der Waals surface area contributed by atoms with Crippen molar-refractivity contribution in [3.05, 3.63) is 11.8 Å². The van der Waals surface area contributed by atoms with Crippen LogP contribution < -0.4 is 0 Å². The lowest BCUT2D eigenvalue weighted by Crippen LogP contribution is -2.25. The van der Waals surface area contributed by atoms with Crippen LogP contribution in [0.3, 0.4) is 0 Å². The number of rotatable bonds is 2. The van der Waals surface area contributed by atoms with Crippen LogP contribution in [0.15, 0.2) is 11.8 Å². The summed E-state index contributed by atoms with van der Waals surface area (Å²) in [5.41, 5.74) is -6.24. The van der Waals surface area contributed by atoms with Gasteiger partial charge in [0.05, 0.1) is 5.60 Å². The van der Waals surface area contributed by atoms with Crippen molar-refractivity contribution < 1.29 is 30.9 Å². The Labute approximate surface area is 103 Å².